The second kappa shape index (κ2) is 5.38. The number of pyridine rings is 1. The molecule has 1 N–H and O–H groups in total. The van der Waals surface area contributed by atoms with E-state index in [-0.39, 0.29) is 17.5 Å². The highest BCUT2D eigenvalue weighted by atomic mass is 16.2. The van der Waals surface area contributed by atoms with Gasteiger partial charge in [-0.15, -0.1) is 0 Å². The highest BCUT2D eigenvalue weighted by Crippen LogP contribution is 2.34. The van der Waals surface area contributed by atoms with E-state index < -0.39 is 0 Å². The normalized spacial score (nSPS) is 16.3. The topological polar surface area (TPSA) is 51.1 Å². The van der Waals surface area contributed by atoms with Gasteiger partial charge in [0.15, 0.2) is 0 Å². The van der Waals surface area contributed by atoms with Gasteiger partial charge in [0, 0.05) is 30.9 Å². The summed E-state index contributed by atoms with van der Waals surface area (Å²) in [6.07, 6.45) is 6.20. The maximum absolute atomic E-state index is 12.0. The standard InChI is InChI=1S/C14H20N2O2/c1-3-12(8-10-4-5-10)15-14(18)11-6-7-16(2)13(17)9-11/h6-7,9-10,12H,3-5,8H2,1-2H3,(H,15,18). The van der Waals surface area contributed by atoms with Gasteiger partial charge in [-0.3, -0.25) is 9.59 Å². The first kappa shape index (κ1) is 12.9. The third kappa shape index (κ3) is 3.22. The molecule has 4 nitrogen and oxygen atoms in total. The van der Waals surface area contributed by atoms with E-state index in [0.717, 1.165) is 18.8 Å². The summed E-state index contributed by atoms with van der Waals surface area (Å²) in [6, 6.07) is 3.30. The van der Waals surface area contributed by atoms with E-state index in [1.165, 1.54) is 23.5 Å². The van der Waals surface area contributed by atoms with Gasteiger partial charge in [0.2, 0.25) is 0 Å². The first-order valence-electron chi connectivity index (χ1n) is 6.57. The minimum atomic E-state index is -0.155. The van der Waals surface area contributed by atoms with Crippen molar-refractivity contribution >= 4 is 5.91 Å². The Bertz CT molecular complexity index is 489. The van der Waals surface area contributed by atoms with Crippen LogP contribution in [0.25, 0.3) is 0 Å². The van der Waals surface area contributed by atoms with Crippen molar-refractivity contribution in [1.29, 1.82) is 0 Å². The monoisotopic (exact) mass is 248 g/mol. The fourth-order valence-electron chi connectivity index (χ4n) is 2.04. The quantitative estimate of drug-likeness (QED) is 0.862. The van der Waals surface area contributed by atoms with Crippen LogP contribution < -0.4 is 10.9 Å². The van der Waals surface area contributed by atoms with Crippen LogP contribution >= 0.6 is 0 Å². The van der Waals surface area contributed by atoms with Gasteiger partial charge in [-0.25, -0.2) is 0 Å². The third-order valence-corrected chi connectivity index (χ3v) is 3.51. The zero-order chi connectivity index (χ0) is 13.1. The minimum Gasteiger partial charge on any atom is -0.349 e. The lowest BCUT2D eigenvalue weighted by Gasteiger charge is -2.16. The first-order valence-corrected chi connectivity index (χ1v) is 6.57. The van der Waals surface area contributed by atoms with Crippen molar-refractivity contribution in [2.75, 3.05) is 0 Å². The SMILES string of the molecule is CCC(CC1CC1)NC(=O)c1ccn(C)c(=O)c1. The molecule has 2 rings (SSSR count). The molecule has 0 aromatic carbocycles. The number of carbonyl (C=O) groups excluding carboxylic acids is 1. The lowest BCUT2D eigenvalue weighted by Crippen LogP contribution is -2.35. The van der Waals surface area contributed by atoms with Crippen LogP contribution in [-0.4, -0.2) is 16.5 Å². The number of aryl methyl sites for hydroxylation is 1. The molecule has 1 aromatic rings. The number of hydrogen-bond donors (Lipinski definition) is 1. The van der Waals surface area contributed by atoms with Gasteiger partial charge in [-0.05, 0) is 24.8 Å². The molecule has 1 fully saturated rings. The second-order valence-corrected chi connectivity index (χ2v) is 5.12. The Balaban J connectivity index is 2.00. The van der Waals surface area contributed by atoms with Crippen molar-refractivity contribution in [3.05, 3.63) is 34.2 Å². The second-order valence-electron chi connectivity index (χ2n) is 5.12. The van der Waals surface area contributed by atoms with Gasteiger partial charge in [0.1, 0.15) is 0 Å². The van der Waals surface area contributed by atoms with E-state index in [0.29, 0.717) is 5.56 Å². The number of nitrogens with zero attached hydrogens (tertiary/aromatic N) is 1. The molecule has 18 heavy (non-hydrogen) atoms. The van der Waals surface area contributed by atoms with Crippen molar-refractivity contribution in [1.82, 2.24) is 9.88 Å². The minimum absolute atomic E-state index is 0.139. The van der Waals surface area contributed by atoms with Crippen LogP contribution in [0.1, 0.15) is 43.0 Å². The molecule has 0 saturated heterocycles. The lowest BCUT2D eigenvalue weighted by atomic mass is 10.1. The van der Waals surface area contributed by atoms with Gasteiger partial charge in [-0.1, -0.05) is 19.8 Å². The third-order valence-electron chi connectivity index (χ3n) is 3.51. The zero-order valence-corrected chi connectivity index (χ0v) is 11.0. The van der Waals surface area contributed by atoms with Gasteiger partial charge in [0.05, 0.1) is 0 Å². The van der Waals surface area contributed by atoms with Crippen LogP contribution in [0.4, 0.5) is 0 Å². The summed E-state index contributed by atoms with van der Waals surface area (Å²) < 4.78 is 1.46. The molecule has 1 atom stereocenters. The van der Waals surface area contributed by atoms with E-state index in [9.17, 15) is 9.59 Å². The summed E-state index contributed by atoms with van der Waals surface area (Å²) in [5.74, 6) is 0.652. The predicted molar refractivity (Wildman–Crippen MR) is 70.6 cm³/mol. The van der Waals surface area contributed by atoms with Crippen LogP contribution in [0.2, 0.25) is 0 Å². The molecule has 1 saturated carbocycles. The Kier molecular flexibility index (Phi) is 3.84. The number of amides is 1. The van der Waals surface area contributed by atoms with Gasteiger partial charge >= 0.3 is 0 Å². The largest absolute Gasteiger partial charge is 0.349 e. The predicted octanol–water partition coefficient (Wildman–Crippen LogP) is 1.69. The van der Waals surface area contributed by atoms with Crippen LogP contribution in [0.15, 0.2) is 23.1 Å². The van der Waals surface area contributed by atoms with Crippen molar-refractivity contribution in [3.63, 3.8) is 0 Å². The molecule has 1 aliphatic rings. The summed E-state index contributed by atoms with van der Waals surface area (Å²) in [5.41, 5.74) is 0.297. The van der Waals surface area contributed by atoms with Crippen LogP contribution in [-0.2, 0) is 7.05 Å². The Labute approximate surface area is 107 Å². The van der Waals surface area contributed by atoms with E-state index in [1.807, 2.05) is 0 Å². The van der Waals surface area contributed by atoms with E-state index in [2.05, 4.69) is 12.2 Å². The molecule has 0 spiro atoms. The van der Waals surface area contributed by atoms with E-state index >= 15 is 0 Å². The van der Waals surface area contributed by atoms with E-state index in [4.69, 9.17) is 0 Å². The maximum Gasteiger partial charge on any atom is 0.251 e. The summed E-state index contributed by atoms with van der Waals surface area (Å²) in [5, 5.41) is 3.01. The smallest absolute Gasteiger partial charge is 0.251 e. The molecule has 1 aromatic heterocycles. The van der Waals surface area contributed by atoms with Crippen molar-refractivity contribution < 1.29 is 4.79 Å². The molecule has 98 valence electrons. The zero-order valence-electron chi connectivity index (χ0n) is 11.0. The number of aromatic nitrogens is 1. The summed E-state index contributed by atoms with van der Waals surface area (Å²) >= 11 is 0. The molecule has 4 heteroatoms. The number of carbonyl (C=O) groups is 1. The first-order chi connectivity index (χ1) is 8.60. The van der Waals surface area contributed by atoms with Crippen molar-refractivity contribution in [2.45, 2.75) is 38.6 Å². The average Bonchev–Trinajstić information content (AvgIpc) is 3.15. The van der Waals surface area contributed by atoms with E-state index in [1.54, 1.807) is 19.3 Å². The van der Waals surface area contributed by atoms with Crippen LogP contribution in [0, 0.1) is 5.92 Å². The molecular weight excluding hydrogens is 228 g/mol. The van der Waals surface area contributed by atoms with Gasteiger partial charge in [0.25, 0.3) is 11.5 Å². The Morgan fingerprint density at radius 3 is 2.83 bits per heavy atom. The highest BCUT2D eigenvalue weighted by molar-refractivity contribution is 5.94. The summed E-state index contributed by atoms with van der Waals surface area (Å²) in [4.78, 5) is 23.5. The fraction of sp³-hybridized carbons (Fsp3) is 0.571. The number of nitrogens with one attached hydrogen (secondary N) is 1. The van der Waals surface area contributed by atoms with Gasteiger partial charge < -0.3 is 9.88 Å². The summed E-state index contributed by atoms with van der Waals surface area (Å²) in [7, 11) is 1.67. The Hall–Kier alpha value is -1.58. The van der Waals surface area contributed by atoms with Crippen molar-refractivity contribution in [3.8, 4) is 0 Å². The fourth-order valence-corrected chi connectivity index (χ4v) is 2.04. The molecule has 1 amide bonds. The van der Waals surface area contributed by atoms with Crippen LogP contribution in [0.3, 0.4) is 0 Å². The molecule has 1 heterocycles. The average molecular weight is 248 g/mol. The van der Waals surface area contributed by atoms with Crippen molar-refractivity contribution in [2.24, 2.45) is 13.0 Å². The Morgan fingerprint density at radius 2 is 2.28 bits per heavy atom. The number of rotatable bonds is 5. The lowest BCUT2D eigenvalue weighted by molar-refractivity contribution is 0.0932. The Morgan fingerprint density at radius 1 is 1.56 bits per heavy atom. The molecule has 0 aliphatic heterocycles. The molecule has 1 aliphatic carbocycles. The number of hydrogen-bond acceptors (Lipinski definition) is 2. The molecule has 0 bridgehead atoms. The maximum atomic E-state index is 12.0. The molecule has 1 unspecified atom stereocenters. The van der Waals surface area contributed by atoms with Gasteiger partial charge in [-0.2, -0.15) is 0 Å². The summed E-state index contributed by atoms with van der Waals surface area (Å²) in [6.45, 7) is 2.08. The van der Waals surface area contributed by atoms with Crippen LogP contribution in [0.5, 0.6) is 0 Å². The molecular formula is C14H20N2O2. The highest BCUT2D eigenvalue weighted by Gasteiger charge is 2.25. The molecule has 0 radical (unpaired) electrons.